The van der Waals surface area contributed by atoms with Crippen molar-refractivity contribution < 1.29 is 9.59 Å². The molecule has 0 radical (unpaired) electrons. The van der Waals surface area contributed by atoms with Gasteiger partial charge in [-0.2, -0.15) is 0 Å². The first-order valence-electron chi connectivity index (χ1n) is 12.4. The Bertz CT molecular complexity index is 441. The molecule has 1 aliphatic rings. The van der Waals surface area contributed by atoms with Crippen molar-refractivity contribution in [1.29, 1.82) is 0 Å². The van der Waals surface area contributed by atoms with Crippen molar-refractivity contribution in [1.82, 2.24) is 21.3 Å². The maximum Gasteiger partial charge on any atom is 0.242 e. The summed E-state index contributed by atoms with van der Waals surface area (Å²) in [5.74, 6) is 0.532. The number of amides is 2. The second-order valence-corrected chi connectivity index (χ2v) is 8.60. The third kappa shape index (κ3) is 13.9. The van der Waals surface area contributed by atoms with E-state index in [4.69, 9.17) is 5.73 Å². The van der Waals surface area contributed by atoms with Crippen molar-refractivity contribution in [2.45, 2.75) is 90.0 Å². The Morgan fingerprint density at radius 3 is 2.17 bits per heavy atom. The van der Waals surface area contributed by atoms with E-state index in [1.807, 2.05) is 6.92 Å². The van der Waals surface area contributed by atoms with Gasteiger partial charge in [0.1, 0.15) is 6.04 Å². The summed E-state index contributed by atoms with van der Waals surface area (Å²) in [7, 11) is 0. The van der Waals surface area contributed by atoms with Crippen molar-refractivity contribution in [3.63, 3.8) is 0 Å². The molecule has 0 saturated heterocycles. The van der Waals surface area contributed by atoms with Gasteiger partial charge < -0.3 is 27.0 Å². The van der Waals surface area contributed by atoms with Crippen LogP contribution >= 0.6 is 0 Å². The van der Waals surface area contributed by atoms with Gasteiger partial charge in [-0.25, -0.2) is 0 Å². The number of nitrogens with one attached hydrogen (secondary N) is 4. The van der Waals surface area contributed by atoms with Crippen molar-refractivity contribution in [3.05, 3.63) is 0 Å². The van der Waals surface area contributed by atoms with Gasteiger partial charge in [-0.05, 0) is 77.2 Å². The van der Waals surface area contributed by atoms with Crippen molar-refractivity contribution in [3.8, 4) is 0 Å². The molecule has 7 heteroatoms. The molecule has 7 nitrogen and oxygen atoms in total. The summed E-state index contributed by atoms with van der Waals surface area (Å²) >= 11 is 0. The molecule has 30 heavy (non-hydrogen) atoms. The van der Waals surface area contributed by atoms with Gasteiger partial charge in [0.15, 0.2) is 0 Å². The molecular formula is C23H47N5O2. The molecule has 0 aromatic carbocycles. The van der Waals surface area contributed by atoms with E-state index in [0.717, 1.165) is 71.2 Å². The highest BCUT2D eigenvalue weighted by Crippen LogP contribution is 2.27. The van der Waals surface area contributed by atoms with Gasteiger partial charge in [0.05, 0.1) is 0 Å². The minimum atomic E-state index is -0.383. The monoisotopic (exact) mass is 425 g/mol. The Labute approximate surface area is 184 Å². The molecule has 0 bridgehead atoms. The molecule has 1 fully saturated rings. The maximum absolute atomic E-state index is 12.7. The average molecular weight is 426 g/mol. The van der Waals surface area contributed by atoms with Crippen LogP contribution in [-0.2, 0) is 9.59 Å². The molecule has 1 rings (SSSR count). The molecule has 0 heterocycles. The van der Waals surface area contributed by atoms with Gasteiger partial charge in [-0.3, -0.25) is 9.59 Å². The molecule has 1 aliphatic carbocycles. The number of nitrogens with two attached hydrogens (primary N) is 1. The summed E-state index contributed by atoms with van der Waals surface area (Å²) in [4.78, 5) is 24.7. The topological polar surface area (TPSA) is 108 Å². The SMILES string of the molecule is CCCC(=O)N[C@@H](CC1CCCCC1)C(=O)NCCCNCCCCNCCCN. The summed E-state index contributed by atoms with van der Waals surface area (Å²) in [5, 5.41) is 12.8. The highest BCUT2D eigenvalue weighted by Gasteiger charge is 2.25. The fraction of sp³-hybridized carbons (Fsp3) is 0.913. The fourth-order valence-electron chi connectivity index (χ4n) is 4.01. The third-order valence-corrected chi connectivity index (χ3v) is 5.77. The molecule has 176 valence electrons. The van der Waals surface area contributed by atoms with Gasteiger partial charge in [-0.1, -0.05) is 39.0 Å². The molecule has 0 unspecified atom stereocenters. The zero-order chi connectivity index (χ0) is 21.9. The largest absolute Gasteiger partial charge is 0.354 e. The van der Waals surface area contributed by atoms with Gasteiger partial charge in [0.25, 0.3) is 0 Å². The first-order valence-corrected chi connectivity index (χ1v) is 12.4. The first-order chi connectivity index (χ1) is 14.7. The molecule has 1 atom stereocenters. The van der Waals surface area contributed by atoms with Crippen LogP contribution in [0.1, 0.15) is 84.0 Å². The number of carbonyl (C=O) groups is 2. The second-order valence-electron chi connectivity index (χ2n) is 8.60. The van der Waals surface area contributed by atoms with E-state index in [1.54, 1.807) is 0 Å². The Balaban J connectivity index is 2.15. The quantitative estimate of drug-likeness (QED) is 0.216. The summed E-state index contributed by atoms with van der Waals surface area (Å²) < 4.78 is 0. The molecule has 6 N–H and O–H groups in total. The van der Waals surface area contributed by atoms with Crippen molar-refractivity contribution >= 4 is 11.8 Å². The minimum Gasteiger partial charge on any atom is -0.354 e. The van der Waals surface area contributed by atoms with Crippen LogP contribution in [-0.4, -0.2) is 57.1 Å². The van der Waals surface area contributed by atoms with Crippen molar-refractivity contribution in [2.24, 2.45) is 11.7 Å². The smallest absolute Gasteiger partial charge is 0.242 e. The van der Waals surface area contributed by atoms with Crippen LogP contribution < -0.4 is 27.0 Å². The number of carbonyl (C=O) groups excluding carboxylic acids is 2. The Morgan fingerprint density at radius 1 is 0.900 bits per heavy atom. The minimum absolute atomic E-state index is 0.00681. The lowest BCUT2D eigenvalue weighted by atomic mass is 9.84. The Morgan fingerprint density at radius 2 is 1.53 bits per heavy atom. The number of hydrogen-bond acceptors (Lipinski definition) is 5. The van der Waals surface area contributed by atoms with Crippen LogP contribution in [0.5, 0.6) is 0 Å². The number of unbranched alkanes of at least 4 members (excludes halogenated alkanes) is 1. The highest BCUT2D eigenvalue weighted by atomic mass is 16.2. The van der Waals surface area contributed by atoms with Gasteiger partial charge in [-0.15, -0.1) is 0 Å². The van der Waals surface area contributed by atoms with Crippen LogP contribution in [0.25, 0.3) is 0 Å². The molecule has 2 amide bonds. The molecule has 1 saturated carbocycles. The van der Waals surface area contributed by atoms with E-state index in [9.17, 15) is 9.59 Å². The van der Waals surface area contributed by atoms with Gasteiger partial charge in [0.2, 0.25) is 11.8 Å². The lowest BCUT2D eigenvalue weighted by molar-refractivity contribution is -0.129. The van der Waals surface area contributed by atoms with Crippen LogP contribution in [0.3, 0.4) is 0 Å². The molecule has 0 aromatic rings. The predicted molar refractivity (Wildman–Crippen MR) is 124 cm³/mol. The Hall–Kier alpha value is -1.18. The summed E-state index contributed by atoms with van der Waals surface area (Å²) in [6, 6.07) is -0.383. The second kappa shape index (κ2) is 18.6. The molecule has 0 spiro atoms. The lowest BCUT2D eigenvalue weighted by Crippen LogP contribution is -2.48. The van der Waals surface area contributed by atoms with Crippen LogP contribution in [0.2, 0.25) is 0 Å². The zero-order valence-electron chi connectivity index (χ0n) is 19.3. The fourth-order valence-corrected chi connectivity index (χ4v) is 4.01. The number of rotatable bonds is 18. The van der Waals surface area contributed by atoms with E-state index in [2.05, 4.69) is 21.3 Å². The van der Waals surface area contributed by atoms with Crippen LogP contribution in [0, 0.1) is 5.92 Å². The van der Waals surface area contributed by atoms with E-state index < -0.39 is 0 Å². The first kappa shape index (κ1) is 26.9. The molecular weight excluding hydrogens is 378 g/mol. The molecule has 0 aliphatic heterocycles. The number of hydrogen-bond donors (Lipinski definition) is 5. The predicted octanol–water partition coefficient (Wildman–Crippen LogP) is 2.06. The third-order valence-electron chi connectivity index (χ3n) is 5.77. The zero-order valence-corrected chi connectivity index (χ0v) is 19.3. The maximum atomic E-state index is 12.7. The van der Waals surface area contributed by atoms with Crippen molar-refractivity contribution in [2.75, 3.05) is 39.3 Å². The lowest BCUT2D eigenvalue weighted by Gasteiger charge is -2.26. The van der Waals surface area contributed by atoms with E-state index in [1.165, 1.54) is 32.1 Å². The van der Waals surface area contributed by atoms with E-state index in [-0.39, 0.29) is 17.9 Å². The summed E-state index contributed by atoms with van der Waals surface area (Å²) in [6.07, 6.45) is 12.5. The van der Waals surface area contributed by atoms with Gasteiger partial charge in [0, 0.05) is 13.0 Å². The van der Waals surface area contributed by atoms with Crippen LogP contribution in [0.4, 0.5) is 0 Å². The summed E-state index contributed by atoms with van der Waals surface area (Å²) in [6.45, 7) is 7.34. The normalized spacial score (nSPS) is 15.7. The van der Waals surface area contributed by atoms with E-state index >= 15 is 0 Å². The van der Waals surface area contributed by atoms with Gasteiger partial charge >= 0.3 is 0 Å². The van der Waals surface area contributed by atoms with Crippen LogP contribution in [0.15, 0.2) is 0 Å². The average Bonchev–Trinajstić information content (AvgIpc) is 2.75. The standard InChI is InChI=1S/C23H47N5O2/c1-2-10-22(29)28-21(19-20-11-4-3-5-12-20)23(30)27-18-9-17-26-15-7-6-14-25-16-8-13-24/h20-21,25-26H,2-19,24H2,1H3,(H,27,30)(H,28,29)/t21-/m0/s1. The Kier molecular flexibility index (Phi) is 16.6. The summed E-state index contributed by atoms with van der Waals surface area (Å²) in [5.41, 5.74) is 5.46. The molecule has 0 aromatic heterocycles. The highest BCUT2D eigenvalue weighted by molar-refractivity contribution is 5.87. The van der Waals surface area contributed by atoms with E-state index in [0.29, 0.717) is 18.9 Å².